The molecule has 0 radical (unpaired) electrons. The first-order valence-electron chi connectivity index (χ1n) is 32.7. The van der Waals surface area contributed by atoms with Crippen LogP contribution in [-0.4, -0.2) is 197 Å². The van der Waals surface area contributed by atoms with Crippen molar-refractivity contribution in [3.05, 3.63) is 0 Å². The molecule has 7 rings (SSSR count). The van der Waals surface area contributed by atoms with Gasteiger partial charge in [0.05, 0.1) is 52.9 Å². The van der Waals surface area contributed by atoms with Crippen molar-refractivity contribution in [3.63, 3.8) is 0 Å². The second-order valence-electron chi connectivity index (χ2n) is 29.3. The molecule has 7 aliphatic rings. The number of hydrogen-bond donors (Lipinski definition) is 5. The number of carbonyl (C=O) groups is 4. The summed E-state index contributed by atoms with van der Waals surface area (Å²) in [4.78, 5) is 55.5. The third-order valence-corrected chi connectivity index (χ3v) is 23.2. The number of rotatable bonds is 17. The molecule has 2 amide bonds. The summed E-state index contributed by atoms with van der Waals surface area (Å²) in [6.07, 6.45) is -0.844. The lowest BCUT2D eigenvalue weighted by Crippen LogP contribution is -2.45. The normalized spacial score (nSPS) is 30.7. The van der Waals surface area contributed by atoms with Gasteiger partial charge >= 0.3 is 24.1 Å². The molecule has 538 valence electrons. The molecule has 0 spiro atoms. The molecule has 19 nitrogen and oxygen atoms in total. The summed E-state index contributed by atoms with van der Waals surface area (Å²) >= 11 is 2.35. The predicted octanol–water partition coefficient (Wildman–Crippen LogP) is 12.5. The van der Waals surface area contributed by atoms with E-state index in [0.29, 0.717) is 74.2 Å². The number of amides is 2. The van der Waals surface area contributed by atoms with Crippen molar-refractivity contribution in [2.45, 2.75) is 294 Å². The number of nitrogens with zero attached hydrogens (tertiary/aromatic N) is 2. The van der Waals surface area contributed by atoms with Gasteiger partial charge in [0.15, 0.2) is 8.32 Å². The number of ether oxygens (including phenoxy) is 7. The lowest BCUT2D eigenvalue weighted by atomic mass is 9.96. The minimum atomic E-state index is -1.80. The summed E-state index contributed by atoms with van der Waals surface area (Å²) in [5, 5.41) is 23.1. The van der Waals surface area contributed by atoms with Crippen molar-refractivity contribution in [1.82, 2.24) is 10.6 Å². The number of aliphatic hydroxyl groups is 2. The molecule has 6 fully saturated rings. The Balaban J connectivity index is 0.000000384. The Kier molecular flexibility index (Phi) is 36.7. The third kappa shape index (κ3) is 31.3. The van der Waals surface area contributed by atoms with Gasteiger partial charge in [-0.3, -0.25) is 0 Å². The van der Waals surface area contributed by atoms with Crippen LogP contribution in [0.4, 0.5) is 35.9 Å². The first-order chi connectivity index (χ1) is 42.6. The molecule has 1 saturated heterocycles. The van der Waals surface area contributed by atoms with Gasteiger partial charge in [-0.1, -0.05) is 70.6 Å². The van der Waals surface area contributed by atoms with Gasteiger partial charge in [0.25, 0.3) is 0 Å². The Labute approximate surface area is 559 Å². The number of esters is 2. The zero-order valence-corrected chi connectivity index (χ0v) is 61.3. The van der Waals surface area contributed by atoms with Crippen molar-refractivity contribution in [3.8, 4) is 0 Å². The molecule has 27 heteroatoms. The number of aliphatic imine (C=N–C) groups is 2. The number of alkyl carbamates (subject to hydrolysis) is 2. The van der Waals surface area contributed by atoms with Gasteiger partial charge in [0.2, 0.25) is 11.8 Å². The summed E-state index contributed by atoms with van der Waals surface area (Å²) in [6, 6.07) is -1.74. The standard InChI is InChI=1S/C14H23F2NO4.C14H24FNO5.C12H24FIOSi.C10H19F2N.C9H16N2O2.C6H10O2/c1-14(2,3)21-13(19)17-11(12(18)20-4)7-8-5-9(15)10(16)6-8;1-14(2,3)21-13(19)16-10(12(18)20-4)6-8-5-9(15)11(17)7-8;1-12(2,3)16(4,5)15-11-7-9(8-14)6-10(11)13;1-2-3-8(13)4-7-5-9(11)10(12)6-7;1-6(2)8-9(13-4)10-5-7(11-8)12-3;7-3-4-1-5-6(2-4)8-5/h8-11H,5-7H2,1-4H3,(H,17,19);8-11,17H,5-7H2,1-4H3,(H,16,19);9-11H,6-8H2,1-5H3;7-10H,2-6,13H2,1H3;6,8H,5H2,1-4H3;4-7H,1-3H2/t8?,9-,10+,11-;8-,9+,10+,11+;9-,10-,11-;7?,8-,9-,10+;8-;4?,5-,6+/m01111./s1. The minimum absolute atomic E-state index is 0.00806. The molecule has 92 heavy (non-hydrogen) atoms. The Morgan fingerprint density at radius 2 is 1.09 bits per heavy atom. The lowest BCUT2D eigenvalue weighted by Gasteiger charge is -2.38. The van der Waals surface area contributed by atoms with E-state index in [1.807, 2.05) is 0 Å². The SMILES string of the molecule is CC(C)(C)[Si](C)(C)O[C@@H]1C[C@H](CI)C[C@H]1F.CCC[C@@H](N)CC1C[C@@H](F)[C@@H](F)C1.COC(=O)[C@H](CC1C[C@@H](F)[C@@H](F)C1)NC(=O)OC(C)(C)C.COC(=O)[C@H](C[C@@H]1C[C@H](O)[C@@H](F)C1)NC(=O)OC(C)(C)C.COC1=N[C@H](C(C)C)C(OC)=NC1.OCC1C[C@@H]2O[C@@H]2C1. The van der Waals surface area contributed by atoms with Crippen LogP contribution in [0, 0.1) is 35.5 Å². The van der Waals surface area contributed by atoms with Crippen LogP contribution in [0.5, 0.6) is 0 Å². The molecule has 0 aromatic carbocycles. The number of hydrogen-bond acceptors (Lipinski definition) is 17. The highest BCUT2D eigenvalue weighted by Gasteiger charge is 2.48. The molecule has 0 bridgehead atoms. The van der Waals surface area contributed by atoms with Crippen LogP contribution in [0.15, 0.2) is 9.98 Å². The molecule has 5 aliphatic carbocycles. The van der Waals surface area contributed by atoms with Crippen LogP contribution in [0.1, 0.15) is 179 Å². The Hall–Kier alpha value is -3.25. The highest BCUT2D eigenvalue weighted by molar-refractivity contribution is 14.1. The molecule has 6 N–H and O–H groups in total. The predicted molar refractivity (Wildman–Crippen MR) is 355 cm³/mol. The first kappa shape index (κ1) is 84.8. The van der Waals surface area contributed by atoms with E-state index in [4.69, 9.17) is 39.0 Å². The molecule has 3 unspecified atom stereocenters. The van der Waals surface area contributed by atoms with Gasteiger partial charge in [-0.05, 0) is 185 Å². The number of epoxide rings is 1. The summed E-state index contributed by atoms with van der Waals surface area (Å²) in [7, 11) is 3.85. The first-order valence-corrected chi connectivity index (χ1v) is 37.2. The zero-order chi connectivity index (χ0) is 70.2. The van der Waals surface area contributed by atoms with E-state index in [1.54, 1.807) is 55.8 Å². The molecule has 19 atom stereocenters. The number of fused-ring (bicyclic) bond motifs is 1. The summed E-state index contributed by atoms with van der Waals surface area (Å²) in [6.45, 7) is 28.3. The van der Waals surface area contributed by atoms with Gasteiger partial charge < -0.3 is 64.2 Å². The molecule has 5 saturated carbocycles. The van der Waals surface area contributed by atoms with Crippen molar-refractivity contribution in [2.24, 2.45) is 51.2 Å². The van der Waals surface area contributed by atoms with E-state index in [2.05, 4.69) is 107 Å². The van der Waals surface area contributed by atoms with E-state index < -0.39 is 98.9 Å². The van der Waals surface area contributed by atoms with E-state index in [-0.39, 0.29) is 79.5 Å². The van der Waals surface area contributed by atoms with Gasteiger partial charge in [0, 0.05) is 17.1 Å². The van der Waals surface area contributed by atoms with Gasteiger partial charge in [-0.25, -0.2) is 55.5 Å². The van der Waals surface area contributed by atoms with Crippen molar-refractivity contribution < 1.29 is 93.3 Å². The van der Waals surface area contributed by atoms with Gasteiger partial charge in [-0.2, -0.15) is 0 Å². The molecular formula is C65H116F6IN5O14Si. The number of methoxy groups -OCH3 is 4. The Bertz CT molecular complexity index is 2160. The average molecular weight is 1460 g/mol. The van der Waals surface area contributed by atoms with E-state index in [9.17, 15) is 50.6 Å². The fraction of sp³-hybridized carbons (Fsp3) is 0.908. The van der Waals surface area contributed by atoms with Crippen LogP contribution in [-0.2, 0) is 47.2 Å². The van der Waals surface area contributed by atoms with Crippen LogP contribution < -0.4 is 16.4 Å². The van der Waals surface area contributed by atoms with Crippen LogP contribution in [0.3, 0.4) is 0 Å². The fourth-order valence-electron chi connectivity index (χ4n) is 11.5. The summed E-state index contributed by atoms with van der Waals surface area (Å²) < 4.78 is 121. The van der Waals surface area contributed by atoms with Crippen molar-refractivity contribution in [2.75, 3.05) is 46.0 Å². The highest BCUT2D eigenvalue weighted by atomic mass is 127. The largest absolute Gasteiger partial charge is 0.483 e. The zero-order valence-electron chi connectivity index (χ0n) is 58.2. The number of aliphatic hydroxyl groups excluding tert-OH is 2. The fourth-order valence-corrected chi connectivity index (χ4v) is 13.5. The maximum absolute atomic E-state index is 13.8. The summed E-state index contributed by atoms with van der Waals surface area (Å²) in [5.41, 5.74) is 4.43. The molecule has 2 heterocycles. The maximum Gasteiger partial charge on any atom is 0.408 e. The molecule has 2 aliphatic heterocycles. The van der Waals surface area contributed by atoms with Crippen LogP contribution >= 0.6 is 22.6 Å². The highest BCUT2D eigenvalue weighted by Crippen LogP contribution is 2.43. The van der Waals surface area contributed by atoms with E-state index in [0.717, 1.165) is 43.0 Å². The number of halogens is 7. The topological polar surface area (TPSA) is 261 Å². The quantitative estimate of drug-likeness (QED) is 0.0172. The third-order valence-electron chi connectivity index (χ3n) is 17.4. The van der Waals surface area contributed by atoms with Crippen LogP contribution in [0.2, 0.25) is 18.1 Å². The lowest BCUT2D eigenvalue weighted by molar-refractivity contribution is -0.144. The van der Waals surface area contributed by atoms with Crippen LogP contribution in [0.25, 0.3) is 0 Å². The number of nitrogens with one attached hydrogen (secondary N) is 2. The average Bonchev–Trinajstić information content (AvgIpc) is 1.62. The maximum atomic E-state index is 13.8. The minimum Gasteiger partial charge on any atom is -0.483 e. The van der Waals surface area contributed by atoms with E-state index in [1.165, 1.54) is 14.2 Å². The second-order valence-corrected chi connectivity index (χ2v) is 34.9. The van der Waals surface area contributed by atoms with Crippen molar-refractivity contribution in [1.29, 1.82) is 0 Å². The molecular weight excluding hydrogens is 1340 g/mol. The Morgan fingerprint density at radius 3 is 1.42 bits per heavy atom. The summed E-state index contributed by atoms with van der Waals surface area (Å²) in [5.74, 6) is 1.24. The number of alkyl halides is 7. The van der Waals surface area contributed by atoms with Gasteiger partial charge in [0.1, 0.15) is 72.9 Å². The number of carbonyl (C=O) groups excluding carboxylic acids is 4. The van der Waals surface area contributed by atoms with Crippen molar-refractivity contribution >= 4 is 66.8 Å². The van der Waals surface area contributed by atoms with Gasteiger partial charge in [-0.15, -0.1) is 0 Å². The number of nitrogens with two attached hydrogens (primary N) is 1. The van der Waals surface area contributed by atoms with E-state index >= 15 is 0 Å². The second kappa shape index (κ2) is 39.8. The monoisotopic (exact) mass is 1460 g/mol. The molecule has 0 aromatic rings. The molecule has 0 aromatic heterocycles. The smallest absolute Gasteiger partial charge is 0.408 e. The Morgan fingerprint density at radius 1 is 0.652 bits per heavy atom.